The zero-order valence-electron chi connectivity index (χ0n) is 20.7. The second-order valence-corrected chi connectivity index (χ2v) is 9.55. The molecule has 0 saturated heterocycles. The number of carbonyl (C=O) groups excluding carboxylic acids is 2. The van der Waals surface area contributed by atoms with Gasteiger partial charge in [0.2, 0.25) is 0 Å². The molecule has 0 aliphatic carbocycles. The highest BCUT2D eigenvalue weighted by molar-refractivity contribution is 6.32. The van der Waals surface area contributed by atoms with Crippen molar-refractivity contribution in [3.63, 3.8) is 0 Å². The number of aliphatic hydroxyl groups is 1. The number of nitrogens with zero attached hydrogens (tertiary/aromatic N) is 2. The standard InChI is InChI=1S/C26H29ClFN5O4/c1-26(2,3)37-25(36)31-21(14-16-5-4-6-18(28)13-16)22-15-20(23(27)33-32-22)17-7-9-19(10-8-17)30-24(35)29-11-12-34/h4-10,13,15,21,34H,11-12,14H2,1-3H3,(H,31,36)(H2,29,30,35). The largest absolute Gasteiger partial charge is 0.444 e. The first-order valence-corrected chi connectivity index (χ1v) is 11.9. The van der Waals surface area contributed by atoms with Gasteiger partial charge in [-0.2, -0.15) is 5.10 Å². The van der Waals surface area contributed by atoms with Gasteiger partial charge in [0.1, 0.15) is 11.4 Å². The Morgan fingerprint density at radius 2 is 1.84 bits per heavy atom. The number of amides is 3. The number of aromatic nitrogens is 2. The van der Waals surface area contributed by atoms with Crippen molar-refractivity contribution in [1.29, 1.82) is 0 Å². The van der Waals surface area contributed by atoms with Crippen molar-refractivity contribution in [3.8, 4) is 11.1 Å². The summed E-state index contributed by atoms with van der Waals surface area (Å²) in [5, 5.41) is 25.2. The Balaban J connectivity index is 1.88. The molecule has 37 heavy (non-hydrogen) atoms. The number of nitrogens with one attached hydrogen (secondary N) is 3. The van der Waals surface area contributed by atoms with Crippen molar-refractivity contribution in [2.75, 3.05) is 18.5 Å². The molecule has 0 aliphatic rings. The lowest BCUT2D eigenvalue weighted by Gasteiger charge is -2.23. The zero-order chi connectivity index (χ0) is 27.0. The summed E-state index contributed by atoms with van der Waals surface area (Å²) in [7, 11) is 0. The molecule has 1 unspecified atom stereocenters. The van der Waals surface area contributed by atoms with E-state index in [1.165, 1.54) is 12.1 Å². The Morgan fingerprint density at radius 1 is 1.11 bits per heavy atom. The van der Waals surface area contributed by atoms with Crippen LogP contribution in [0.3, 0.4) is 0 Å². The van der Waals surface area contributed by atoms with Gasteiger partial charge in [-0.15, -0.1) is 5.10 Å². The highest BCUT2D eigenvalue weighted by Crippen LogP contribution is 2.30. The van der Waals surface area contributed by atoms with E-state index in [1.807, 2.05) is 0 Å². The van der Waals surface area contributed by atoms with Crippen LogP contribution in [0.25, 0.3) is 11.1 Å². The summed E-state index contributed by atoms with van der Waals surface area (Å²) in [4.78, 5) is 24.4. The molecular weight excluding hydrogens is 501 g/mol. The number of rotatable bonds is 8. The molecule has 3 amide bonds. The van der Waals surface area contributed by atoms with Crippen molar-refractivity contribution in [3.05, 3.63) is 76.8 Å². The Morgan fingerprint density at radius 3 is 2.49 bits per heavy atom. The van der Waals surface area contributed by atoms with Gasteiger partial charge in [-0.3, -0.25) is 0 Å². The minimum atomic E-state index is -0.713. The van der Waals surface area contributed by atoms with E-state index in [0.29, 0.717) is 28.1 Å². The van der Waals surface area contributed by atoms with E-state index in [9.17, 15) is 14.0 Å². The van der Waals surface area contributed by atoms with Gasteiger partial charge in [0.15, 0.2) is 5.15 Å². The molecule has 1 aromatic heterocycles. The third-order valence-corrected chi connectivity index (χ3v) is 5.27. The highest BCUT2D eigenvalue weighted by Gasteiger charge is 2.23. The minimum Gasteiger partial charge on any atom is -0.444 e. The average Bonchev–Trinajstić information content (AvgIpc) is 2.82. The number of urea groups is 1. The van der Waals surface area contributed by atoms with E-state index in [2.05, 4.69) is 26.1 Å². The highest BCUT2D eigenvalue weighted by atomic mass is 35.5. The van der Waals surface area contributed by atoms with E-state index in [-0.39, 0.29) is 24.7 Å². The first-order valence-electron chi connectivity index (χ1n) is 11.6. The summed E-state index contributed by atoms with van der Waals surface area (Å²) in [6.07, 6.45) is -0.416. The molecule has 1 atom stereocenters. The lowest BCUT2D eigenvalue weighted by Crippen LogP contribution is -2.36. The van der Waals surface area contributed by atoms with Crippen molar-refractivity contribution < 1.29 is 23.8 Å². The normalized spacial score (nSPS) is 11.9. The predicted molar refractivity (Wildman–Crippen MR) is 139 cm³/mol. The molecule has 0 fully saturated rings. The van der Waals surface area contributed by atoms with Gasteiger partial charge in [0.25, 0.3) is 0 Å². The van der Waals surface area contributed by atoms with Gasteiger partial charge in [0, 0.05) is 17.8 Å². The van der Waals surface area contributed by atoms with Crippen molar-refractivity contribution in [1.82, 2.24) is 20.8 Å². The van der Waals surface area contributed by atoms with Gasteiger partial charge in [0.05, 0.1) is 18.3 Å². The third kappa shape index (κ3) is 8.69. The zero-order valence-corrected chi connectivity index (χ0v) is 21.5. The molecule has 1 heterocycles. The smallest absolute Gasteiger partial charge is 0.408 e. The van der Waals surface area contributed by atoms with Crippen LogP contribution < -0.4 is 16.0 Å². The molecule has 0 radical (unpaired) electrons. The van der Waals surface area contributed by atoms with Crippen molar-refractivity contribution >= 4 is 29.4 Å². The summed E-state index contributed by atoms with van der Waals surface area (Å²) in [6.45, 7) is 5.24. The number of benzene rings is 2. The maximum atomic E-state index is 13.8. The Kier molecular flexibility index (Phi) is 9.37. The molecule has 196 valence electrons. The Hall–Kier alpha value is -3.76. The van der Waals surface area contributed by atoms with Crippen LogP contribution in [0.15, 0.2) is 54.6 Å². The maximum absolute atomic E-state index is 13.8. The molecule has 3 rings (SSSR count). The number of hydrogen-bond acceptors (Lipinski definition) is 6. The lowest BCUT2D eigenvalue weighted by atomic mass is 10.0. The molecule has 4 N–H and O–H groups in total. The van der Waals surface area contributed by atoms with Gasteiger partial charge in [-0.05, 0) is 68.7 Å². The summed E-state index contributed by atoms with van der Waals surface area (Å²) < 4.78 is 19.2. The first kappa shape index (κ1) is 27.8. The van der Waals surface area contributed by atoms with Crippen molar-refractivity contribution in [2.24, 2.45) is 0 Å². The monoisotopic (exact) mass is 529 g/mol. The maximum Gasteiger partial charge on any atom is 0.408 e. The number of ether oxygens (including phenoxy) is 1. The van der Waals surface area contributed by atoms with Crippen LogP contribution >= 0.6 is 11.6 Å². The van der Waals surface area contributed by atoms with E-state index in [0.717, 1.165) is 0 Å². The van der Waals surface area contributed by atoms with Crippen LogP contribution in [0.2, 0.25) is 5.15 Å². The average molecular weight is 530 g/mol. The molecule has 0 spiro atoms. The van der Waals surface area contributed by atoms with Gasteiger partial charge in [-0.1, -0.05) is 35.9 Å². The van der Waals surface area contributed by atoms with Gasteiger partial charge >= 0.3 is 12.1 Å². The van der Waals surface area contributed by atoms with Crippen LogP contribution in [0.4, 0.5) is 19.7 Å². The van der Waals surface area contributed by atoms with E-state index < -0.39 is 29.6 Å². The summed E-state index contributed by atoms with van der Waals surface area (Å²) in [5.41, 5.74) is 2.12. The van der Waals surface area contributed by atoms with Gasteiger partial charge < -0.3 is 25.8 Å². The number of alkyl carbamates (subject to hydrolysis) is 1. The quantitative estimate of drug-likeness (QED) is 0.330. The molecule has 2 aromatic carbocycles. The topological polar surface area (TPSA) is 125 Å². The van der Waals surface area contributed by atoms with E-state index >= 15 is 0 Å². The fourth-order valence-electron chi connectivity index (χ4n) is 3.42. The van der Waals surface area contributed by atoms with Crippen LogP contribution in [0.5, 0.6) is 0 Å². The second kappa shape index (κ2) is 12.5. The molecule has 3 aromatic rings. The number of aliphatic hydroxyl groups excluding tert-OH is 1. The number of halogens is 2. The number of hydrogen-bond donors (Lipinski definition) is 4. The number of carbonyl (C=O) groups is 2. The van der Waals surface area contributed by atoms with Gasteiger partial charge in [-0.25, -0.2) is 14.0 Å². The third-order valence-electron chi connectivity index (χ3n) is 5.00. The molecule has 0 saturated carbocycles. The summed E-state index contributed by atoms with van der Waals surface area (Å²) in [6, 6.07) is 13.5. The SMILES string of the molecule is CC(C)(C)OC(=O)NC(Cc1cccc(F)c1)c1cc(-c2ccc(NC(=O)NCCO)cc2)c(Cl)nn1. The van der Waals surface area contributed by atoms with E-state index in [4.69, 9.17) is 21.4 Å². The fraction of sp³-hybridized carbons (Fsp3) is 0.308. The summed E-state index contributed by atoms with van der Waals surface area (Å²) >= 11 is 6.35. The van der Waals surface area contributed by atoms with Crippen LogP contribution in [-0.4, -0.2) is 46.2 Å². The molecule has 9 nitrogen and oxygen atoms in total. The minimum absolute atomic E-state index is 0.138. The predicted octanol–water partition coefficient (Wildman–Crippen LogP) is 4.86. The second-order valence-electron chi connectivity index (χ2n) is 9.19. The van der Waals surface area contributed by atoms with Crippen molar-refractivity contribution in [2.45, 2.75) is 38.8 Å². The molecule has 11 heteroatoms. The van der Waals surface area contributed by atoms with E-state index in [1.54, 1.807) is 63.2 Å². The first-order chi connectivity index (χ1) is 17.5. The molecule has 0 bridgehead atoms. The van der Waals surface area contributed by atoms with Crippen LogP contribution in [-0.2, 0) is 11.2 Å². The molecular formula is C26H29ClFN5O4. The lowest BCUT2D eigenvalue weighted by molar-refractivity contribution is 0.0502. The Bertz CT molecular complexity index is 1230. The van der Waals surface area contributed by atoms with Crippen LogP contribution in [0, 0.1) is 5.82 Å². The van der Waals surface area contributed by atoms with Crippen LogP contribution in [0.1, 0.15) is 38.1 Å². The molecule has 0 aliphatic heterocycles. The fourth-order valence-corrected chi connectivity index (χ4v) is 3.62. The Labute approximate surface area is 219 Å². The summed E-state index contributed by atoms with van der Waals surface area (Å²) in [5.74, 6) is -0.393. The number of anilines is 1.